The van der Waals surface area contributed by atoms with Crippen molar-refractivity contribution in [1.82, 2.24) is 4.57 Å². The largest absolute Gasteiger partial charge is 0.398 e. The molecule has 1 unspecified atom stereocenters. The van der Waals surface area contributed by atoms with Crippen molar-refractivity contribution in [1.29, 1.82) is 0 Å². The molecule has 5 rings (SSSR count). The Bertz CT molecular complexity index is 1600. The number of carbonyl (C=O) groups excluding carboxylic acids is 1. The number of carbonyl (C=O) groups is 1. The number of nitrogen functional groups attached to an aromatic ring is 1. The van der Waals surface area contributed by atoms with Gasteiger partial charge in [-0.2, -0.15) is 0 Å². The van der Waals surface area contributed by atoms with Gasteiger partial charge in [0.25, 0.3) is 5.91 Å². The molecule has 1 aromatic heterocycles. The molecule has 200 valence electrons. The lowest BCUT2D eigenvalue weighted by atomic mass is 9.95. The van der Waals surface area contributed by atoms with Crippen molar-refractivity contribution in [2.75, 3.05) is 31.3 Å². The normalized spacial score (nSPS) is 15.3. The number of nitrogens with zero attached hydrogens (tertiary/aromatic N) is 4. The number of hydrogen-bond acceptors (Lipinski definition) is 4. The van der Waals surface area contributed by atoms with Gasteiger partial charge in [0.1, 0.15) is 13.1 Å². The average Bonchev–Trinajstić information content (AvgIpc) is 3.42. The van der Waals surface area contributed by atoms with Crippen molar-refractivity contribution in [2.24, 2.45) is 7.05 Å². The zero-order valence-corrected chi connectivity index (χ0v) is 22.8. The van der Waals surface area contributed by atoms with Gasteiger partial charge in [-0.1, -0.05) is 55.5 Å². The summed E-state index contributed by atoms with van der Waals surface area (Å²) in [7, 11) is 5.95. The summed E-state index contributed by atoms with van der Waals surface area (Å²) in [5.41, 5.74) is 12.1. The maximum Gasteiger partial charge on any atom is 0.323 e. The first-order chi connectivity index (χ1) is 18.5. The minimum atomic E-state index is -0.360. The first-order valence-electron chi connectivity index (χ1n) is 13.0. The number of nitro groups is 1. The number of quaternary nitrogens is 1. The van der Waals surface area contributed by atoms with Crippen LogP contribution in [0.15, 0.2) is 72.8 Å². The van der Waals surface area contributed by atoms with Gasteiger partial charge < -0.3 is 25.2 Å². The van der Waals surface area contributed by atoms with Gasteiger partial charge in [-0.05, 0) is 39.6 Å². The molecule has 3 aromatic carbocycles. The number of benzene rings is 3. The van der Waals surface area contributed by atoms with Crippen LogP contribution in [-0.2, 0) is 24.9 Å². The molecule has 1 atom stereocenters. The van der Waals surface area contributed by atoms with Crippen LogP contribution in [0.1, 0.15) is 35.2 Å². The SMILES string of the molecule is CC1CN(C(=O)/C=C/c2ccc(C[N+](C)(C)Cc3ccc([N+](=O)[O-])n3C)cc2)c2cc(N)c3ccccc3c21. The molecular weight excluding hydrogens is 490 g/mol. The predicted molar refractivity (Wildman–Crippen MR) is 156 cm³/mol. The van der Waals surface area contributed by atoms with Gasteiger partial charge in [-0.15, -0.1) is 0 Å². The predicted octanol–water partition coefficient (Wildman–Crippen LogP) is 5.61. The van der Waals surface area contributed by atoms with Crippen LogP contribution < -0.4 is 10.6 Å². The Morgan fingerprint density at radius 2 is 1.77 bits per heavy atom. The second kappa shape index (κ2) is 10.0. The summed E-state index contributed by atoms with van der Waals surface area (Å²) < 4.78 is 2.29. The Balaban J connectivity index is 1.27. The van der Waals surface area contributed by atoms with E-state index in [1.54, 1.807) is 23.8 Å². The molecule has 8 heteroatoms. The molecule has 2 heterocycles. The summed E-state index contributed by atoms with van der Waals surface area (Å²) in [6, 6.07) is 21.6. The van der Waals surface area contributed by atoms with Crippen LogP contribution in [0, 0.1) is 10.1 Å². The van der Waals surface area contributed by atoms with E-state index in [2.05, 4.69) is 39.2 Å². The zero-order valence-electron chi connectivity index (χ0n) is 22.8. The molecule has 1 amide bonds. The molecule has 4 aromatic rings. The highest BCUT2D eigenvalue weighted by Gasteiger charge is 2.31. The van der Waals surface area contributed by atoms with Gasteiger partial charge in [-0.25, -0.2) is 4.57 Å². The fraction of sp³-hybridized carbons (Fsp3) is 0.258. The van der Waals surface area contributed by atoms with E-state index < -0.39 is 0 Å². The van der Waals surface area contributed by atoms with Crippen LogP contribution in [-0.4, -0.2) is 40.5 Å². The second-order valence-electron chi connectivity index (χ2n) is 11.1. The maximum absolute atomic E-state index is 13.2. The molecule has 0 saturated carbocycles. The summed E-state index contributed by atoms with van der Waals surface area (Å²) in [5, 5.41) is 13.3. The summed E-state index contributed by atoms with van der Waals surface area (Å²) in [6.07, 6.45) is 3.48. The smallest absolute Gasteiger partial charge is 0.323 e. The molecule has 39 heavy (non-hydrogen) atoms. The molecule has 0 saturated heterocycles. The zero-order chi connectivity index (χ0) is 27.9. The van der Waals surface area contributed by atoms with E-state index in [-0.39, 0.29) is 22.6 Å². The number of aromatic nitrogens is 1. The average molecular weight is 525 g/mol. The highest BCUT2D eigenvalue weighted by molar-refractivity contribution is 6.09. The topological polar surface area (TPSA) is 94.4 Å². The first-order valence-corrected chi connectivity index (χ1v) is 13.0. The van der Waals surface area contributed by atoms with Gasteiger partial charge in [0, 0.05) is 41.2 Å². The number of amides is 1. The molecular formula is C31H34N5O3+. The van der Waals surface area contributed by atoms with Crippen LogP contribution >= 0.6 is 0 Å². The third-order valence-corrected chi connectivity index (χ3v) is 7.59. The van der Waals surface area contributed by atoms with E-state index in [4.69, 9.17) is 5.73 Å². The van der Waals surface area contributed by atoms with Gasteiger partial charge >= 0.3 is 5.82 Å². The minimum Gasteiger partial charge on any atom is -0.398 e. The fourth-order valence-electron chi connectivity index (χ4n) is 5.69. The van der Waals surface area contributed by atoms with Crippen molar-refractivity contribution in [2.45, 2.75) is 25.9 Å². The van der Waals surface area contributed by atoms with Crippen molar-refractivity contribution in [3.05, 3.63) is 105 Å². The van der Waals surface area contributed by atoms with Gasteiger partial charge in [0.2, 0.25) is 0 Å². The number of rotatable bonds is 7. The standard InChI is InChI=1S/C31H34N5O3/c1-21-18-34(28-17-27(32)25-7-5-6-8-26(25)31(21)28)30(37)16-13-22-9-11-23(12-10-22)19-36(3,4)20-24-14-15-29(33(24)2)35(38)39/h5-17,21H,18-20,32H2,1-4H3/q+1/b16-13+. The van der Waals surface area contributed by atoms with Crippen molar-refractivity contribution in [3.63, 3.8) is 0 Å². The Hall–Kier alpha value is -4.43. The Labute approximate surface area is 228 Å². The van der Waals surface area contributed by atoms with Crippen LogP contribution in [0.4, 0.5) is 17.2 Å². The van der Waals surface area contributed by atoms with Crippen LogP contribution in [0.5, 0.6) is 0 Å². The summed E-state index contributed by atoms with van der Waals surface area (Å²) >= 11 is 0. The molecule has 0 spiro atoms. The van der Waals surface area contributed by atoms with E-state index in [0.29, 0.717) is 23.3 Å². The van der Waals surface area contributed by atoms with Gasteiger partial charge in [-0.3, -0.25) is 4.79 Å². The molecule has 0 radical (unpaired) electrons. The number of anilines is 2. The molecule has 1 aliphatic heterocycles. The van der Waals surface area contributed by atoms with Crippen LogP contribution in [0.25, 0.3) is 16.8 Å². The highest BCUT2D eigenvalue weighted by Crippen LogP contribution is 2.43. The maximum atomic E-state index is 13.2. The van der Waals surface area contributed by atoms with Crippen LogP contribution in [0.2, 0.25) is 0 Å². The highest BCUT2D eigenvalue weighted by atomic mass is 16.6. The van der Waals surface area contributed by atoms with E-state index in [1.165, 1.54) is 5.56 Å². The number of hydrogen-bond donors (Lipinski definition) is 1. The van der Waals surface area contributed by atoms with Gasteiger partial charge in [0.05, 0.1) is 26.8 Å². The first kappa shape index (κ1) is 26.2. The Morgan fingerprint density at radius 1 is 1.08 bits per heavy atom. The molecule has 0 bridgehead atoms. The summed E-state index contributed by atoms with van der Waals surface area (Å²) in [5.74, 6) is 0.263. The monoisotopic (exact) mass is 524 g/mol. The lowest BCUT2D eigenvalue weighted by Crippen LogP contribution is -2.38. The number of nitrogens with two attached hydrogens (primary N) is 1. The van der Waals surface area contributed by atoms with Crippen molar-refractivity contribution >= 4 is 39.9 Å². The molecule has 2 N–H and O–H groups in total. The van der Waals surface area contributed by atoms with E-state index in [0.717, 1.165) is 39.8 Å². The molecule has 0 fully saturated rings. The molecule has 1 aliphatic rings. The lowest BCUT2D eigenvalue weighted by Gasteiger charge is -2.29. The molecule has 0 aliphatic carbocycles. The third kappa shape index (κ3) is 5.15. The van der Waals surface area contributed by atoms with Crippen molar-refractivity contribution in [3.8, 4) is 0 Å². The van der Waals surface area contributed by atoms with E-state index in [1.807, 2.05) is 53.4 Å². The lowest BCUT2D eigenvalue weighted by molar-refractivity contribution is -0.917. The third-order valence-electron chi connectivity index (χ3n) is 7.59. The molecule has 8 nitrogen and oxygen atoms in total. The summed E-state index contributed by atoms with van der Waals surface area (Å²) in [6.45, 7) is 4.20. The second-order valence-corrected chi connectivity index (χ2v) is 11.1. The minimum absolute atomic E-state index is 0.0613. The van der Waals surface area contributed by atoms with E-state index >= 15 is 0 Å². The Kier molecular flexibility index (Phi) is 6.74. The quantitative estimate of drug-likeness (QED) is 0.112. The van der Waals surface area contributed by atoms with Crippen LogP contribution in [0.3, 0.4) is 0 Å². The summed E-state index contributed by atoms with van der Waals surface area (Å²) in [4.78, 5) is 25.9. The van der Waals surface area contributed by atoms with Gasteiger partial charge in [0.15, 0.2) is 5.69 Å². The van der Waals surface area contributed by atoms with E-state index in [9.17, 15) is 14.9 Å². The fourth-order valence-corrected chi connectivity index (χ4v) is 5.69. The Morgan fingerprint density at radius 3 is 2.44 bits per heavy atom. The number of fused-ring (bicyclic) bond motifs is 3. The van der Waals surface area contributed by atoms with Crippen molar-refractivity contribution < 1.29 is 14.2 Å².